The van der Waals surface area contributed by atoms with E-state index in [0.29, 0.717) is 17.0 Å². The van der Waals surface area contributed by atoms with Crippen LogP contribution in [0, 0.1) is 11.3 Å². The molecule has 4 nitrogen and oxygen atoms in total. The third-order valence-electron chi connectivity index (χ3n) is 2.16. The lowest BCUT2D eigenvalue weighted by atomic mass is 10.2. The molecular formula is C15H14N2O2. The van der Waals surface area contributed by atoms with E-state index in [1.54, 1.807) is 36.4 Å². The number of ether oxygens (including phenoxy) is 1. The van der Waals surface area contributed by atoms with Crippen LogP contribution in [0.15, 0.2) is 54.5 Å². The molecule has 96 valence electrons. The zero-order chi connectivity index (χ0) is 14.1. The fraction of sp³-hybridized carbons (Fsp3) is 0.133. The second kappa shape index (κ2) is 7.62. The molecule has 0 radical (unpaired) electrons. The molecule has 19 heavy (non-hydrogen) atoms. The average Bonchev–Trinajstić information content (AvgIpc) is 2.42. The van der Waals surface area contributed by atoms with Crippen LogP contribution < -0.4 is 4.74 Å². The van der Waals surface area contributed by atoms with Crippen molar-refractivity contribution in [3.05, 3.63) is 60.0 Å². The molecule has 0 atom stereocenters. The van der Waals surface area contributed by atoms with Crippen LogP contribution in [-0.2, 0) is 0 Å². The molecule has 0 unspecified atom stereocenters. The zero-order valence-electron chi connectivity index (χ0n) is 10.8. The quantitative estimate of drug-likeness (QED) is 0.350. The topological polar surface area (TPSA) is 63.0 Å². The first-order chi connectivity index (χ1) is 9.17. The number of rotatable bonds is 5. The van der Waals surface area contributed by atoms with E-state index in [1.165, 1.54) is 19.4 Å². The molecule has 0 aliphatic heterocycles. The molecule has 0 fully saturated rings. The van der Waals surface area contributed by atoms with Gasteiger partial charge in [-0.2, -0.15) is 5.26 Å². The molecule has 0 spiro atoms. The summed E-state index contributed by atoms with van der Waals surface area (Å²) in [6, 6.07) is 5.30. The number of ketones is 1. The number of allylic oxidation sites excluding steroid dienone is 5. The van der Waals surface area contributed by atoms with Crippen molar-refractivity contribution in [2.75, 3.05) is 0 Å². The van der Waals surface area contributed by atoms with Gasteiger partial charge in [0.2, 0.25) is 5.88 Å². The van der Waals surface area contributed by atoms with Crippen molar-refractivity contribution in [2.24, 2.45) is 0 Å². The first-order valence-corrected chi connectivity index (χ1v) is 5.70. The number of Topliss-reactive ketones (excluding diaryl/α,β-unsaturated/α-hetero) is 1. The predicted octanol–water partition coefficient (Wildman–Crippen LogP) is 3.20. The highest BCUT2D eigenvalue weighted by atomic mass is 16.5. The summed E-state index contributed by atoms with van der Waals surface area (Å²) in [4.78, 5) is 15.0. The maximum Gasteiger partial charge on any atom is 0.218 e. The molecule has 1 heterocycles. The molecule has 1 aromatic rings. The highest BCUT2D eigenvalue weighted by Gasteiger charge is 1.99. The molecule has 1 aromatic heterocycles. The third-order valence-corrected chi connectivity index (χ3v) is 2.16. The van der Waals surface area contributed by atoms with Gasteiger partial charge in [0.15, 0.2) is 5.78 Å². The van der Waals surface area contributed by atoms with Gasteiger partial charge < -0.3 is 4.74 Å². The predicted molar refractivity (Wildman–Crippen MR) is 72.5 cm³/mol. The van der Waals surface area contributed by atoms with Gasteiger partial charge in [0.05, 0.1) is 17.9 Å². The van der Waals surface area contributed by atoms with Gasteiger partial charge in [0, 0.05) is 17.8 Å². The van der Waals surface area contributed by atoms with E-state index in [2.05, 4.69) is 4.98 Å². The summed E-state index contributed by atoms with van der Waals surface area (Å²) in [6.07, 6.45) is 9.61. The fourth-order valence-electron chi connectivity index (χ4n) is 1.22. The lowest BCUT2D eigenvalue weighted by Crippen LogP contribution is -1.93. The van der Waals surface area contributed by atoms with E-state index >= 15 is 0 Å². The molecule has 0 saturated heterocycles. The van der Waals surface area contributed by atoms with Crippen LogP contribution in [0.25, 0.3) is 0 Å². The van der Waals surface area contributed by atoms with Gasteiger partial charge in [0.25, 0.3) is 0 Å². The van der Waals surface area contributed by atoms with Crippen LogP contribution in [0.5, 0.6) is 5.88 Å². The summed E-state index contributed by atoms with van der Waals surface area (Å²) in [5.41, 5.74) is 1.07. The second-order valence-electron chi connectivity index (χ2n) is 3.62. The summed E-state index contributed by atoms with van der Waals surface area (Å²) in [5, 5.41) is 8.77. The van der Waals surface area contributed by atoms with E-state index < -0.39 is 0 Å². The van der Waals surface area contributed by atoms with Crippen molar-refractivity contribution in [3.8, 4) is 11.9 Å². The van der Waals surface area contributed by atoms with Gasteiger partial charge >= 0.3 is 0 Å². The molecule has 0 aliphatic carbocycles. The Morgan fingerprint density at radius 3 is 2.79 bits per heavy atom. The van der Waals surface area contributed by atoms with E-state index in [0.717, 1.165) is 0 Å². The number of carbonyl (C=O) groups excluding carboxylic acids is 1. The number of hydrogen-bond acceptors (Lipinski definition) is 4. The molecule has 0 amide bonds. The highest BCUT2D eigenvalue weighted by molar-refractivity contribution is 5.93. The van der Waals surface area contributed by atoms with Crippen LogP contribution in [0.1, 0.15) is 24.2 Å². The minimum atomic E-state index is -0.0393. The van der Waals surface area contributed by atoms with Crippen LogP contribution in [0.2, 0.25) is 0 Å². The smallest absolute Gasteiger partial charge is 0.218 e. The Morgan fingerprint density at radius 2 is 2.26 bits per heavy atom. The van der Waals surface area contributed by atoms with Gasteiger partial charge in [0.1, 0.15) is 0 Å². The standard InChI is InChI=1S/C15H14N2O2/c1-3-5-13(10-16)6-4-9-19-15-8-7-14(11-17-15)12(2)18/h3-9,11H,1-2H3/b5-3-,9-4+,13-6+. The number of carbonyl (C=O) groups is 1. The van der Waals surface area contributed by atoms with E-state index in [9.17, 15) is 4.79 Å². The number of hydrogen-bond donors (Lipinski definition) is 0. The SMILES string of the molecule is C\C=C/C(C#N)=C\C=C\Oc1ccc(C(C)=O)cn1. The van der Waals surface area contributed by atoms with Gasteiger partial charge in [-0.1, -0.05) is 6.08 Å². The molecule has 1 rings (SSSR count). The first-order valence-electron chi connectivity index (χ1n) is 5.70. The molecule has 0 bridgehead atoms. The Morgan fingerprint density at radius 1 is 1.47 bits per heavy atom. The van der Waals surface area contributed by atoms with Gasteiger partial charge in [-0.05, 0) is 38.1 Å². The Labute approximate surface area is 112 Å². The Bertz CT molecular complexity index is 561. The molecule has 0 saturated carbocycles. The lowest BCUT2D eigenvalue weighted by Gasteiger charge is -1.99. The average molecular weight is 254 g/mol. The summed E-state index contributed by atoms with van der Waals surface area (Å²) in [5.74, 6) is 0.349. The van der Waals surface area contributed by atoms with E-state index in [1.807, 2.05) is 13.0 Å². The number of nitriles is 1. The van der Waals surface area contributed by atoms with Crippen molar-refractivity contribution in [1.82, 2.24) is 4.98 Å². The number of nitrogens with zero attached hydrogens (tertiary/aromatic N) is 2. The molecule has 4 heteroatoms. The van der Waals surface area contributed by atoms with E-state index in [-0.39, 0.29) is 5.78 Å². The molecule has 0 aromatic carbocycles. The zero-order valence-corrected chi connectivity index (χ0v) is 10.8. The summed E-state index contributed by atoms with van der Waals surface area (Å²) in [7, 11) is 0. The first kappa shape index (κ1) is 14.4. The van der Waals surface area contributed by atoms with Crippen molar-refractivity contribution in [2.45, 2.75) is 13.8 Å². The Kier molecular flexibility index (Phi) is 5.77. The van der Waals surface area contributed by atoms with Crippen molar-refractivity contribution >= 4 is 5.78 Å². The largest absolute Gasteiger partial charge is 0.447 e. The van der Waals surface area contributed by atoms with E-state index in [4.69, 9.17) is 10.00 Å². The third kappa shape index (κ3) is 5.00. The molecule has 0 N–H and O–H groups in total. The normalized spacial score (nSPS) is 11.7. The molecular weight excluding hydrogens is 240 g/mol. The van der Waals surface area contributed by atoms with Crippen LogP contribution >= 0.6 is 0 Å². The maximum absolute atomic E-state index is 11.0. The number of aromatic nitrogens is 1. The molecule has 0 aliphatic rings. The van der Waals surface area contributed by atoms with Gasteiger partial charge in [-0.3, -0.25) is 4.79 Å². The maximum atomic E-state index is 11.0. The summed E-state index contributed by atoms with van der Waals surface area (Å²) >= 11 is 0. The monoisotopic (exact) mass is 254 g/mol. The van der Waals surface area contributed by atoms with Gasteiger partial charge in [-0.15, -0.1) is 0 Å². The summed E-state index contributed by atoms with van der Waals surface area (Å²) in [6.45, 7) is 3.32. The van der Waals surface area contributed by atoms with Crippen LogP contribution in [0.4, 0.5) is 0 Å². The minimum absolute atomic E-state index is 0.0393. The second-order valence-corrected chi connectivity index (χ2v) is 3.62. The highest BCUT2D eigenvalue weighted by Crippen LogP contribution is 2.08. The van der Waals surface area contributed by atoms with Gasteiger partial charge in [-0.25, -0.2) is 4.98 Å². The number of pyridine rings is 1. The lowest BCUT2D eigenvalue weighted by molar-refractivity contribution is 0.101. The van der Waals surface area contributed by atoms with Crippen molar-refractivity contribution in [3.63, 3.8) is 0 Å². The Hall–Kier alpha value is -2.67. The Balaban J connectivity index is 2.62. The minimum Gasteiger partial charge on any atom is -0.447 e. The van der Waals surface area contributed by atoms with Crippen molar-refractivity contribution in [1.29, 1.82) is 5.26 Å². The van der Waals surface area contributed by atoms with Crippen molar-refractivity contribution < 1.29 is 9.53 Å². The van der Waals surface area contributed by atoms with Crippen LogP contribution in [-0.4, -0.2) is 10.8 Å². The fourth-order valence-corrected chi connectivity index (χ4v) is 1.22. The summed E-state index contributed by atoms with van der Waals surface area (Å²) < 4.78 is 5.23. The van der Waals surface area contributed by atoms with Crippen LogP contribution in [0.3, 0.4) is 0 Å².